The molecule has 3 aromatic rings. The van der Waals surface area contributed by atoms with Crippen LogP contribution in [0.15, 0.2) is 42.6 Å². The molecule has 0 bridgehead atoms. The van der Waals surface area contributed by atoms with Gasteiger partial charge < -0.3 is 9.88 Å². The summed E-state index contributed by atoms with van der Waals surface area (Å²) in [4.78, 5) is 4.51. The fourth-order valence-corrected chi connectivity index (χ4v) is 2.98. The van der Waals surface area contributed by atoms with Gasteiger partial charge in [-0.25, -0.2) is 4.98 Å². The molecule has 23 heavy (non-hydrogen) atoms. The summed E-state index contributed by atoms with van der Waals surface area (Å²) in [5, 5.41) is 13.9. The minimum Gasteiger partial charge on any atom is -0.364 e. The van der Waals surface area contributed by atoms with Crippen molar-refractivity contribution in [1.29, 1.82) is 5.26 Å². The van der Waals surface area contributed by atoms with Crippen molar-refractivity contribution in [2.24, 2.45) is 0 Å². The first-order valence-corrected chi connectivity index (χ1v) is 7.92. The van der Waals surface area contributed by atoms with Gasteiger partial charge in [-0.1, -0.05) is 37.3 Å². The van der Waals surface area contributed by atoms with Crippen LogP contribution >= 0.6 is 0 Å². The molecule has 0 aliphatic rings. The summed E-state index contributed by atoms with van der Waals surface area (Å²) in [6.07, 6.45) is 2.79. The van der Waals surface area contributed by atoms with E-state index in [4.69, 9.17) is 0 Å². The van der Waals surface area contributed by atoms with E-state index in [-0.39, 0.29) is 0 Å². The van der Waals surface area contributed by atoms with Crippen molar-refractivity contribution in [2.45, 2.75) is 33.4 Å². The number of nitrogens with zero attached hydrogens (tertiary/aromatic N) is 3. The zero-order valence-electron chi connectivity index (χ0n) is 13.5. The minimum atomic E-state index is 0.713. The van der Waals surface area contributed by atoms with E-state index in [0.717, 1.165) is 40.9 Å². The maximum absolute atomic E-state index is 9.49. The zero-order valence-corrected chi connectivity index (χ0v) is 13.5. The lowest BCUT2D eigenvalue weighted by molar-refractivity contribution is 0.684. The topological polar surface area (TPSA) is 53.6 Å². The molecular formula is C19H20N4. The summed E-state index contributed by atoms with van der Waals surface area (Å²) in [5.41, 5.74) is 4.00. The Kier molecular flexibility index (Phi) is 4.29. The maximum Gasteiger partial charge on any atom is 0.150 e. The van der Waals surface area contributed by atoms with Gasteiger partial charge in [0.1, 0.15) is 6.07 Å². The second-order valence-electron chi connectivity index (χ2n) is 5.62. The molecule has 0 radical (unpaired) electrons. The molecule has 0 aliphatic carbocycles. The smallest absolute Gasteiger partial charge is 0.150 e. The molecule has 3 rings (SSSR count). The summed E-state index contributed by atoms with van der Waals surface area (Å²) < 4.78 is 2.20. The van der Waals surface area contributed by atoms with E-state index in [1.807, 2.05) is 31.2 Å². The molecular weight excluding hydrogens is 284 g/mol. The van der Waals surface area contributed by atoms with Crippen LogP contribution in [0.4, 0.5) is 5.82 Å². The Morgan fingerprint density at radius 3 is 2.70 bits per heavy atom. The molecule has 0 saturated heterocycles. The Morgan fingerprint density at radius 1 is 1.22 bits per heavy atom. The van der Waals surface area contributed by atoms with Gasteiger partial charge in [0.15, 0.2) is 5.82 Å². The normalized spacial score (nSPS) is 10.7. The van der Waals surface area contributed by atoms with Gasteiger partial charge in [0, 0.05) is 30.4 Å². The van der Waals surface area contributed by atoms with E-state index in [9.17, 15) is 5.26 Å². The first-order valence-electron chi connectivity index (χ1n) is 7.92. The average molecular weight is 304 g/mol. The molecule has 1 aromatic carbocycles. The Balaban J connectivity index is 2.05. The molecule has 1 N–H and O–H groups in total. The van der Waals surface area contributed by atoms with Gasteiger partial charge in [-0.2, -0.15) is 5.26 Å². The summed E-state index contributed by atoms with van der Waals surface area (Å²) in [6, 6.07) is 14.5. The van der Waals surface area contributed by atoms with Crippen molar-refractivity contribution in [3.05, 3.63) is 59.4 Å². The Bertz CT molecular complexity index is 856. The maximum atomic E-state index is 9.49. The number of hydrogen-bond donors (Lipinski definition) is 1. The fourth-order valence-electron chi connectivity index (χ4n) is 2.98. The molecule has 0 spiro atoms. The number of anilines is 1. The van der Waals surface area contributed by atoms with Crippen LogP contribution < -0.4 is 5.32 Å². The van der Waals surface area contributed by atoms with Crippen molar-refractivity contribution < 1.29 is 0 Å². The number of nitriles is 1. The van der Waals surface area contributed by atoms with Crippen LogP contribution in [0.3, 0.4) is 0 Å². The third-order valence-corrected chi connectivity index (χ3v) is 4.09. The number of fused-ring (bicyclic) bond motifs is 1. The van der Waals surface area contributed by atoms with Gasteiger partial charge in [0.05, 0.1) is 11.1 Å². The highest BCUT2D eigenvalue weighted by Crippen LogP contribution is 2.30. The summed E-state index contributed by atoms with van der Waals surface area (Å²) in [5.74, 6) is 0.837. The average Bonchev–Trinajstić information content (AvgIpc) is 2.86. The highest BCUT2D eigenvalue weighted by atomic mass is 15.1. The van der Waals surface area contributed by atoms with Gasteiger partial charge in [-0.15, -0.1) is 0 Å². The third-order valence-electron chi connectivity index (χ3n) is 4.09. The molecule has 2 aromatic heterocycles. The number of rotatable bonds is 5. The van der Waals surface area contributed by atoms with Crippen LogP contribution in [-0.4, -0.2) is 9.55 Å². The highest BCUT2D eigenvalue weighted by molar-refractivity contribution is 5.95. The number of hydrogen-bond acceptors (Lipinski definition) is 3. The van der Waals surface area contributed by atoms with E-state index < -0.39 is 0 Å². The second kappa shape index (κ2) is 6.53. The van der Waals surface area contributed by atoms with Crippen LogP contribution in [0.2, 0.25) is 0 Å². The van der Waals surface area contributed by atoms with Gasteiger partial charge >= 0.3 is 0 Å². The van der Waals surface area contributed by atoms with Crippen molar-refractivity contribution in [2.75, 3.05) is 5.32 Å². The monoisotopic (exact) mass is 304 g/mol. The summed E-state index contributed by atoms with van der Waals surface area (Å²) in [7, 11) is 0. The quantitative estimate of drug-likeness (QED) is 0.767. The Hall–Kier alpha value is -2.80. The lowest BCUT2D eigenvalue weighted by atomic mass is 10.2. The number of aromatic nitrogens is 2. The predicted octanol–water partition coefficient (Wildman–Crippen LogP) is 4.24. The zero-order chi connectivity index (χ0) is 16.2. The molecule has 0 unspecified atom stereocenters. The van der Waals surface area contributed by atoms with E-state index in [0.29, 0.717) is 6.54 Å². The van der Waals surface area contributed by atoms with E-state index >= 15 is 0 Å². The number of nitrogens with one attached hydrogen (secondary N) is 1. The van der Waals surface area contributed by atoms with Crippen LogP contribution in [0, 0.1) is 18.3 Å². The van der Waals surface area contributed by atoms with Gasteiger partial charge in [-0.3, -0.25) is 0 Å². The second-order valence-corrected chi connectivity index (χ2v) is 5.62. The largest absolute Gasteiger partial charge is 0.364 e. The van der Waals surface area contributed by atoms with E-state index in [1.165, 1.54) is 5.56 Å². The van der Waals surface area contributed by atoms with Crippen molar-refractivity contribution in [1.82, 2.24) is 9.55 Å². The third kappa shape index (κ3) is 2.78. The van der Waals surface area contributed by atoms with Crippen LogP contribution in [0.5, 0.6) is 0 Å². The van der Waals surface area contributed by atoms with E-state index in [2.05, 4.69) is 40.0 Å². The first-order chi connectivity index (χ1) is 11.3. The lowest BCUT2D eigenvalue weighted by Crippen LogP contribution is -2.05. The molecule has 0 fully saturated rings. The first kappa shape index (κ1) is 15.1. The molecule has 0 atom stereocenters. The van der Waals surface area contributed by atoms with Gasteiger partial charge in [-0.05, 0) is 25.0 Å². The SMILES string of the molecule is CCCn1c(C)c(C#N)c2ccnc(NCc3ccccc3)c21. The fraction of sp³-hybridized carbons (Fsp3) is 0.263. The van der Waals surface area contributed by atoms with Crippen molar-refractivity contribution >= 4 is 16.7 Å². The molecule has 2 heterocycles. The standard InChI is InChI=1S/C19H20N4/c1-3-11-23-14(2)17(12-20)16-9-10-21-19(18(16)23)22-13-15-7-5-4-6-8-15/h4-10H,3,11,13H2,1-2H3,(H,21,22). The van der Waals surface area contributed by atoms with Gasteiger partial charge in [0.25, 0.3) is 0 Å². The van der Waals surface area contributed by atoms with Gasteiger partial charge in [0.2, 0.25) is 0 Å². The van der Waals surface area contributed by atoms with Crippen molar-refractivity contribution in [3.63, 3.8) is 0 Å². The van der Waals surface area contributed by atoms with Crippen LogP contribution in [0.1, 0.15) is 30.2 Å². The molecule has 0 amide bonds. The Labute approximate surface area is 136 Å². The lowest BCUT2D eigenvalue weighted by Gasteiger charge is -2.11. The number of pyridine rings is 1. The Morgan fingerprint density at radius 2 is 2.00 bits per heavy atom. The summed E-state index contributed by atoms with van der Waals surface area (Å²) >= 11 is 0. The minimum absolute atomic E-state index is 0.713. The molecule has 0 saturated carbocycles. The summed E-state index contributed by atoms with van der Waals surface area (Å²) in [6.45, 7) is 5.75. The number of aryl methyl sites for hydroxylation is 1. The van der Waals surface area contributed by atoms with Crippen LogP contribution in [0.25, 0.3) is 10.9 Å². The molecule has 116 valence electrons. The molecule has 4 heteroatoms. The predicted molar refractivity (Wildman–Crippen MR) is 93.2 cm³/mol. The molecule has 4 nitrogen and oxygen atoms in total. The highest BCUT2D eigenvalue weighted by Gasteiger charge is 2.16. The van der Waals surface area contributed by atoms with Crippen LogP contribution in [-0.2, 0) is 13.1 Å². The van der Waals surface area contributed by atoms with E-state index in [1.54, 1.807) is 6.20 Å². The van der Waals surface area contributed by atoms with Crippen molar-refractivity contribution in [3.8, 4) is 6.07 Å². The molecule has 0 aliphatic heterocycles. The number of benzene rings is 1.